The Balaban J connectivity index is 1.48. The van der Waals surface area contributed by atoms with E-state index in [0.29, 0.717) is 23.2 Å². The zero-order valence-electron chi connectivity index (χ0n) is 18.8. The van der Waals surface area contributed by atoms with Crippen molar-refractivity contribution in [3.8, 4) is 23.0 Å². The quantitative estimate of drug-likeness (QED) is 0.571. The van der Waals surface area contributed by atoms with Gasteiger partial charge < -0.3 is 24.3 Å². The molecule has 2 heterocycles. The van der Waals surface area contributed by atoms with Crippen molar-refractivity contribution in [2.45, 2.75) is 19.5 Å². The summed E-state index contributed by atoms with van der Waals surface area (Å²) in [4.78, 5) is 11.6. The van der Waals surface area contributed by atoms with Crippen LogP contribution in [0.1, 0.15) is 16.8 Å². The van der Waals surface area contributed by atoms with E-state index in [1.807, 2.05) is 42.6 Å². The number of ether oxygens (including phenoxy) is 4. The van der Waals surface area contributed by atoms with Crippen molar-refractivity contribution in [1.29, 1.82) is 0 Å². The van der Waals surface area contributed by atoms with Crippen LogP contribution in [0.25, 0.3) is 0 Å². The maximum absolute atomic E-state index is 5.64. The number of nitrogens with zero attached hydrogens (tertiary/aromatic N) is 3. The Kier molecular flexibility index (Phi) is 6.61. The zero-order valence-corrected chi connectivity index (χ0v) is 18.8. The van der Waals surface area contributed by atoms with E-state index in [1.54, 1.807) is 28.4 Å². The Morgan fingerprint density at radius 3 is 2.56 bits per heavy atom. The summed E-state index contributed by atoms with van der Waals surface area (Å²) >= 11 is 0. The molecule has 2 aromatic carbocycles. The number of nitrogens with one attached hydrogen (secondary N) is 1. The second kappa shape index (κ2) is 9.74. The van der Waals surface area contributed by atoms with E-state index in [4.69, 9.17) is 23.9 Å². The molecule has 0 atom stereocenters. The maximum atomic E-state index is 5.64. The van der Waals surface area contributed by atoms with Gasteiger partial charge in [-0.3, -0.25) is 4.90 Å². The highest BCUT2D eigenvalue weighted by Crippen LogP contribution is 2.40. The lowest BCUT2D eigenvalue weighted by Gasteiger charge is -2.29. The molecule has 0 amide bonds. The van der Waals surface area contributed by atoms with Crippen LogP contribution in [0.3, 0.4) is 0 Å². The molecule has 8 heteroatoms. The fraction of sp³-hybridized carbons (Fsp3) is 0.333. The van der Waals surface area contributed by atoms with Gasteiger partial charge in [0.2, 0.25) is 11.7 Å². The van der Waals surface area contributed by atoms with E-state index in [1.165, 1.54) is 0 Å². The Labute approximate surface area is 188 Å². The van der Waals surface area contributed by atoms with Crippen molar-refractivity contribution < 1.29 is 18.9 Å². The van der Waals surface area contributed by atoms with Crippen LogP contribution >= 0.6 is 0 Å². The predicted molar refractivity (Wildman–Crippen MR) is 122 cm³/mol. The number of methoxy groups -OCH3 is 4. The Bertz CT molecular complexity index is 1090. The van der Waals surface area contributed by atoms with Gasteiger partial charge in [-0.05, 0) is 18.2 Å². The molecule has 168 valence electrons. The summed E-state index contributed by atoms with van der Waals surface area (Å²) in [7, 11) is 6.54. The largest absolute Gasteiger partial charge is 0.497 e. The molecule has 0 aliphatic carbocycles. The second-order valence-electron chi connectivity index (χ2n) is 7.48. The van der Waals surface area contributed by atoms with Gasteiger partial charge in [-0.2, -0.15) is 0 Å². The van der Waals surface area contributed by atoms with Crippen molar-refractivity contribution in [2.24, 2.45) is 0 Å². The first-order chi connectivity index (χ1) is 15.6. The molecule has 1 aliphatic rings. The smallest absolute Gasteiger partial charge is 0.227 e. The average Bonchev–Trinajstić information content (AvgIpc) is 2.83. The number of hydrogen-bond donors (Lipinski definition) is 1. The van der Waals surface area contributed by atoms with Crippen LogP contribution in [0.15, 0.2) is 42.6 Å². The fourth-order valence-electron chi connectivity index (χ4n) is 3.93. The summed E-state index contributed by atoms with van der Waals surface area (Å²) in [5.41, 5.74) is 4.14. The van der Waals surface area contributed by atoms with Gasteiger partial charge in [-0.25, -0.2) is 9.97 Å². The highest BCUT2D eigenvalue weighted by molar-refractivity contribution is 5.57. The van der Waals surface area contributed by atoms with Crippen molar-refractivity contribution in [3.05, 3.63) is 59.4 Å². The van der Waals surface area contributed by atoms with Crippen LogP contribution < -0.4 is 24.3 Å². The normalized spacial score (nSPS) is 13.2. The van der Waals surface area contributed by atoms with Gasteiger partial charge in [0.15, 0.2) is 11.5 Å². The molecule has 8 nitrogen and oxygen atoms in total. The lowest BCUT2D eigenvalue weighted by Crippen LogP contribution is -2.31. The van der Waals surface area contributed by atoms with Crippen molar-refractivity contribution in [1.82, 2.24) is 14.9 Å². The first-order valence-corrected chi connectivity index (χ1v) is 10.4. The Morgan fingerprint density at radius 2 is 1.81 bits per heavy atom. The van der Waals surface area contributed by atoms with E-state index in [9.17, 15) is 0 Å². The predicted octanol–water partition coefficient (Wildman–Crippen LogP) is 3.81. The third-order valence-electron chi connectivity index (χ3n) is 5.52. The summed E-state index contributed by atoms with van der Waals surface area (Å²) in [5.74, 6) is 3.34. The van der Waals surface area contributed by atoms with Crippen LogP contribution in [0.4, 0.5) is 11.6 Å². The van der Waals surface area contributed by atoms with Crippen LogP contribution in [0.2, 0.25) is 0 Å². The molecule has 0 saturated heterocycles. The molecule has 1 N–H and O–H groups in total. The highest BCUT2D eigenvalue weighted by Gasteiger charge is 2.22. The molecular weight excluding hydrogens is 408 g/mol. The summed E-state index contributed by atoms with van der Waals surface area (Å²) in [5, 5.41) is 3.26. The summed E-state index contributed by atoms with van der Waals surface area (Å²) in [6.45, 7) is 2.39. The van der Waals surface area contributed by atoms with Crippen molar-refractivity contribution in [3.63, 3.8) is 0 Å². The van der Waals surface area contributed by atoms with E-state index in [-0.39, 0.29) is 0 Å². The highest BCUT2D eigenvalue weighted by atomic mass is 16.5. The van der Waals surface area contributed by atoms with E-state index < -0.39 is 0 Å². The molecule has 4 rings (SSSR count). The monoisotopic (exact) mass is 436 g/mol. The molecule has 1 aliphatic heterocycles. The number of rotatable bonds is 8. The van der Waals surface area contributed by atoms with Gasteiger partial charge in [-0.1, -0.05) is 12.1 Å². The summed E-state index contributed by atoms with van der Waals surface area (Å²) < 4.78 is 21.8. The number of anilines is 2. The van der Waals surface area contributed by atoms with Gasteiger partial charge in [0, 0.05) is 55.1 Å². The Hall–Kier alpha value is -3.52. The summed E-state index contributed by atoms with van der Waals surface area (Å²) in [6, 6.07) is 11.6. The topological polar surface area (TPSA) is 78.0 Å². The zero-order chi connectivity index (χ0) is 22.5. The molecule has 0 fully saturated rings. The maximum Gasteiger partial charge on any atom is 0.227 e. The molecule has 0 unspecified atom stereocenters. The molecule has 0 bridgehead atoms. The van der Waals surface area contributed by atoms with Gasteiger partial charge in [0.1, 0.15) is 5.75 Å². The van der Waals surface area contributed by atoms with Crippen LogP contribution in [0.5, 0.6) is 23.0 Å². The third-order valence-corrected chi connectivity index (χ3v) is 5.52. The summed E-state index contributed by atoms with van der Waals surface area (Å²) in [6.07, 6.45) is 2.75. The molecule has 32 heavy (non-hydrogen) atoms. The van der Waals surface area contributed by atoms with Gasteiger partial charge in [0.25, 0.3) is 0 Å². The average molecular weight is 437 g/mol. The lowest BCUT2D eigenvalue weighted by molar-refractivity contribution is 0.237. The van der Waals surface area contributed by atoms with E-state index in [0.717, 1.165) is 54.3 Å². The fourth-order valence-corrected chi connectivity index (χ4v) is 3.93. The lowest BCUT2D eigenvalue weighted by atomic mass is 10.1. The minimum Gasteiger partial charge on any atom is -0.497 e. The molecule has 0 radical (unpaired) electrons. The number of fused-ring (bicyclic) bond motifs is 1. The van der Waals surface area contributed by atoms with Crippen molar-refractivity contribution in [2.75, 3.05) is 40.3 Å². The Morgan fingerprint density at radius 1 is 0.969 bits per heavy atom. The standard InChI is InChI=1S/C24H28N4O4/c1-29-19-7-5-6-18(12-19)26-24-25-13-17-15-28(11-10-20(17)27-24)14-16-8-9-21(30-2)23(32-4)22(16)31-3/h5-9,12-13H,10-11,14-15H2,1-4H3,(H,25,26,27). The second-order valence-corrected chi connectivity index (χ2v) is 7.48. The van der Waals surface area contributed by atoms with Crippen molar-refractivity contribution >= 4 is 11.6 Å². The van der Waals surface area contributed by atoms with E-state index >= 15 is 0 Å². The number of benzene rings is 2. The number of aromatic nitrogens is 2. The van der Waals surface area contributed by atoms with Gasteiger partial charge >= 0.3 is 0 Å². The molecule has 3 aromatic rings. The minimum atomic E-state index is 0.590. The first-order valence-electron chi connectivity index (χ1n) is 10.4. The molecule has 0 spiro atoms. The first kappa shape index (κ1) is 21.7. The van der Waals surface area contributed by atoms with Crippen LogP contribution in [-0.4, -0.2) is 49.9 Å². The van der Waals surface area contributed by atoms with Crippen LogP contribution in [0, 0.1) is 0 Å². The van der Waals surface area contributed by atoms with Gasteiger partial charge in [-0.15, -0.1) is 0 Å². The third kappa shape index (κ3) is 4.55. The van der Waals surface area contributed by atoms with E-state index in [2.05, 4.69) is 15.2 Å². The van der Waals surface area contributed by atoms with Gasteiger partial charge in [0.05, 0.1) is 34.1 Å². The minimum absolute atomic E-state index is 0.590. The van der Waals surface area contributed by atoms with Crippen LogP contribution in [-0.2, 0) is 19.5 Å². The molecule has 0 saturated carbocycles. The molecule has 1 aromatic heterocycles. The molecular formula is C24H28N4O4. The SMILES string of the molecule is COc1cccc(Nc2ncc3c(n2)CCN(Cc2ccc(OC)c(OC)c2OC)C3)c1. The number of hydrogen-bond acceptors (Lipinski definition) is 8.